The van der Waals surface area contributed by atoms with Crippen LogP contribution in [0.3, 0.4) is 0 Å². The maximum Gasteiger partial charge on any atom is 0.213 e. The van der Waals surface area contributed by atoms with E-state index in [1.165, 1.54) is 0 Å². The number of methoxy groups -OCH3 is 1. The van der Waals surface area contributed by atoms with Gasteiger partial charge in [0.2, 0.25) is 5.78 Å². The maximum atomic E-state index is 12.8. The average Bonchev–Trinajstić information content (AvgIpc) is 2.66. The van der Waals surface area contributed by atoms with Gasteiger partial charge in [0.25, 0.3) is 0 Å². The van der Waals surface area contributed by atoms with E-state index >= 15 is 0 Å². The Kier molecular flexibility index (Phi) is 3.43. The molecule has 0 fully saturated rings. The number of carbonyl (C=O) groups is 1. The molecule has 24 heavy (non-hydrogen) atoms. The first-order chi connectivity index (χ1) is 11.7. The molecule has 0 aliphatic carbocycles. The standard InChI is InChI=1S/C20H14N2O2/c1-24-17-8-9-18-16(11-17)12-19(22-21-18)20(23)15-7-6-13-4-2-3-5-14(13)10-15/h2-12H,1H3. The Bertz CT molecular complexity index is 1070. The molecular weight excluding hydrogens is 300 g/mol. The van der Waals surface area contributed by atoms with Gasteiger partial charge >= 0.3 is 0 Å². The van der Waals surface area contributed by atoms with E-state index in [4.69, 9.17) is 4.74 Å². The third-order valence-corrected chi connectivity index (χ3v) is 4.04. The Morgan fingerprint density at radius 1 is 0.833 bits per heavy atom. The van der Waals surface area contributed by atoms with Gasteiger partial charge in [0.15, 0.2) is 0 Å². The summed E-state index contributed by atoms with van der Waals surface area (Å²) in [5.74, 6) is 0.581. The van der Waals surface area contributed by atoms with Gasteiger partial charge in [-0.15, -0.1) is 10.2 Å². The highest BCUT2D eigenvalue weighted by molar-refractivity contribution is 6.10. The van der Waals surface area contributed by atoms with Crippen molar-refractivity contribution in [1.29, 1.82) is 0 Å². The van der Waals surface area contributed by atoms with Crippen LogP contribution >= 0.6 is 0 Å². The van der Waals surface area contributed by atoms with Crippen molar-refractivity contribution in [2.75, 3.05) is 7.11 Å². The predicted molar refractivity (Wildman–Crippen MR) is 93.5 cm³/mol. The molecule has 3 aromatic carbocycles. The summed E-state index contributed by atoms with van der Waals surface area (Å²) in [7, 11) is 1.61. The molecule has 4 aromatic rings. The molecule has 0 atom stereocenters. The molecule has 0 aliphatic rings. The van der Waals surface area contributed by atoms with Crippen LogP contribution in [0.25, 0.3) is 21.7 Å². The number of hydrogen-bond donors (Lipinski definition) is 0. The number of aromatic nitrogens is 2. The molecular formula is C20H14N2O2. The van der Waals surface area contributed by atoms with Crippen LogP contribution in [0.15, 0.2) is 66.7 Å². The number of ether oxygens (including phenoxy) is 1. The largest absolute Gasteiger partial charge is 0.497 e. The normalized spacial score (nSPS) is 10.9. The zero-order chi connectivity index (χ0) is 16.5. The molecule has 0 N–H and O–H groups in total. The monoisotopic (exact) mass is 314 g/mol. The second-order valence-corrected chi connectivity index (χ2v) is 5.55. The van der Waals surface area contributed by atoms with Crippen molar-refractivity contribution in [1.82, 2.24) is 10.2 Å². The second-order valence-electron chi connectivity index (χ2n) is 5.55. The molecule has 0 aliphatic heterocycles. The van der Waals surface area contributed by atoms with Gasteiger partial charge in [0.05, 0.1) is 12.6 Å². The number of hydrogen-bond acceptors (Lipinski definition) is 4. The van der Waals surface area contributed by atoms with E-state index in [0.29, 0.717) is 11.3 Å². The fourth-order valence-electron chi connectivity index (χ4n) is 2.74. The van der Waals surface area contributed by atoms with E-state index < -0.39 is 0 Å². The number of fused-ring (bicyclic) bond motifs is 2. The van der Waals surface area contributed by atoms with Crippen LogP contribution in [0.2, 0.25) is 0 Å². The van der Waals surface area contributed by atoms with E-state index in [2.05, 4.69) is 10.2 Å². The molecule has 1 aromatic heterocycles. The highest BCUT2D eigenvalue weighted by Gasteiger charge is 2.13. The molecule has 4 nitrogen and oxygen atoms in total. The van der Waals surface area contributed by atoms with E-state index in [-0.39, 0.29) is 5.78 Å². The molecule has 4 heteroatoms. The lowest BCUT2D eigenvalue weighted by Crippen LogP contribution is -2.05. The van der Waals surface area contributed by atoms with Crippen LogP contribution < -0.4 is 4.74 Å². The number of ketones is 1. The van der Waals surface area contributed by atoms with Gasteiger partial charge < -0.3 is 4.74 Å². The summed E-state index contributed by atoms with van der Waals surface area (Å²) < 4.78 is 5.22. The summed E-state index contributed by atoms with van der Waals surface area (Å²) in [6.45, 7) is 0. The van der Waals surface area contributed by atoms with Crippen molar-refractivity contribution in [2.45, 2.75) is 0 Å². The molecule has 0 radical (unpaired) electrons. The SMILES string of the molecule is COc1ccc2nnc(C(=O)c3ccc4ccccc4c3)cc2c1. The summed E-state index contributed by atoms with van der Waals surface area (Å²) in [4.78, 5) is 12.8. The van der Waals surface area contributed by atoms with Gasteiger partial charge in [-0.2, -0.15) is 0 Å². The van der Waals surface area contributed by atoms with Crippen molar-refractivity contribution in [3.63, 3.8) is 0 Å². The first-order valence-electron chi connectivity index (χ1n) is 7.59. The Balaban J connectivity index is 1.78. The molecule has 0 bridgehead atoms. The van der Waals surface area contributed by atoms with E-state index in [9.17, 15) is 4.79 Å². The lowest BCUT2D eigenvalue weighted by atomic mass is 10.0. The van der Waals surface area contributed by atoms with Crippen molar-refractivity contribution in [3.05, 3.63) is 78.0 Å². The summed E-state index contributed by atoms with van der Waals surface area (Å²) in [5.41, 5.74) is 1.65. The molecule has 0 saturated carbocycles. The van der Waals surface area contributed by atoms with Gasteiger partial charge in [-0.1, -0.05) is 36.4 Å². The quantitative estimate of drug-likeness (QED) is 0.536. The average molecular weight is 314 g/mol. The van der Waals surface area contributed by atoms with Crippen LogP contribution in [0.1, 0.15) is 16.1 Å². The van der Waals surface area contributed by atoms with Crippen molar-refractivity contribution in [2.24, 2.45) is 0 Å². The predicted octanol–water partition coefficient (Wildman–Crippen LogP) is 4.02. The fourth-order valence-corrected chi connectivity index (χ4v) is 2.74. The van der Waals surface area contributed by atoms with Crippen LogP contribution in [0, 0.1) is 0 Å². The topological polar surface area (TPSA) is 52.1 Å². The molecule has 0 saturated heterocycles. The number of carbonyl (C=O) groups excluding carboxylic acids is 1. The first-order valence-corrected chi connectivity index (χ1v) is 7.59. The Morgan fingerprint density at radius 3 is 2.50 bits per heavy atom. The molecule has 116 valence electrons. The van der Waals surface area contributed by atoms with Gasteiger partial charge in [-0.25, -0.2) is 0 Å². The molecule has 4 rings (SSSR count). The molecule has 0 amide bonds. The fraction of sp³-hybridized carbons (Fsp3) is 0.0500. The highest BCUT2D eigenvalue weighted by atomic mass is 16.5. The smallest absolute Gasteiger partial charge is 0.213 e. The van der Waals surface area contributed by atoms with Crippen LogP contribution in [0.4, 0.5) is 0 Å². The van der Waals surface area contributed by atoms with Crippen LogP contribution in [-0.4, -0.2) is 23.1 Å². The Hall–Kier alpha value is -3.27. The van der Waals surface area contributed by atoms with Gasteiger partial charge in [-0.3, -0.25) is 4.79 Å². The first kappa shape index (κ1) is 14.3. The zero-order valence-corrected chi connectivity index (χ0v) is 13.1. The minimum Gasteiger partial charge on any atom is -0.497 e. The van der Waals surface area contributed by atoms with Gasteiger partial charge in [0, 0.05) is 10.9 Å². The number of rotatable bonds is 3. The molecule has 1 heterocycles. The third-order valence-electron chi connectivity index (χ3n) is 4.04. The van der Waals surface area contributed by atoms with E-state index in [1.807, 2.05) is 60.7 Å². The molecule has 0 unspecified atom stereocenters. The van der Waals surface area contributed by atoms with Crippen molar-refractivity contribution >= 4 is 27.5 Å². The van der Waals surface area contributed by atoms with Crippen molar-refractivity contribution < 1.29 is 9.53 Å². The van der Waals surface area contributed by atoms with Crippen molar-refractivity contribution in [3.8, 4) is 5.75 Å². The minimum atomic E-state index is -0.141. The van der Waals surface area contributed by atoms with Gasteiger partial charge in [0.1, 0.15) is 11.4 Å². The zero-order valence-electron chi connectivity index (χ0n) is 13.1. The minimum absolute atomic E-state index is 0.141. The Labute approximate surface area is 138 Å². The van der Waals surface area contributed by atoms with E-state index in [1.54, 1.807) is 13.2 Å². The number of benzene rings is 3. The number of nitrogens with zero attached hydrogens (tertiary/aromatic N) is 2. The molecule has 0 spiro atoms. The van der Waals surface area contributed by atoms with Crippen LogP contribution in [0.5, 0.6) is 5.75 Å². The summed E-state index contributed by atoms with van der Waals surface area (Å²) >= 11 is 0. The highest BCUT2D eigenvalue weighted by Crippen LogP contribution is 2.21. The third kappa shape index (κ3) is 2.48. The van der Waals surface area contributed by atoms with E-state index in [0.717, 1.165) is 27.4 Å². The summed E-state index contributed by atoms with van der Waals surface area (Å²) in [5, 5.41) is 11.2. The Morgan fingerprint density at radius 2 is 1.67 bits per heavy atom. The van der Waals surface area contributed by atoms with Gasteiger partial charge in [-0.05, 0) is 41.1 Å². The maximum absolute atomic E-state index is 12.8. The van der Waals surface area contributed by atoms with Crippen LogP contribution in [-0.2, 0) is 0 Å². The second kappa shape index (κ2) is 5.74. The summed E-state index contributed by atoms with van der Waals surface area (Å²) in [6.07, 6.45) is 0. The lowest BCUT2D eigenvalue weighted by Gasteiger charge is -2.05. The lowest BCUT2D eigenvalue weighted by molar-refractivity contribution is 0.103. The summed E-state index contributed by atoms with van der Waals surface area (Å²) in [6, 6.07) is 20.8.